The number of hydrogen-bond donors (Lipinski definition) is 0. The second-order valence-corrected chi connectivity index (χ2v) is 5.22. The molecule has 0 N–H and O–H groups in total. The van der Waals surface area contributed by atoms with Crippen molar-refractivity contribution in [3.8, 4) is 0 Å². The van der Waals surface area contributed by atoms with E-state index in [0.717, 1.165) is 11.3 Å². The highest BCUT2D eigenvalue weighted by Crippen LogP contribution is 2.19. The highest BCUT2D eigenvalue weighted by molar-refractivity contribution is 7.99. The van der Waals surface area contributed by atoms with Gasteiger partial charge in [-0.2, -0.15) is 13.2 Å². The van der Waals surface area contributed by atoms with E-state index in [4.69, 9.17) is 0 Å². The summed E-state index contributed by atoms with van der Waals surface area (Å²) >= 11 is 1.59. The summed E-state index contributed by atoms with van der Waals surface area (Å²) in [5.41, 5.74) is 0. The SMILES string of the molecule is CCCN(CCSc1ccccc1)CC(F)(F)F. The van der Waals surface area contributed by atoms with E-state index in [1.165, 1.54) is 4.90 Å². The molecule has 1 rings (SSSR count). The first-order chi connectivity index (χ1) is 8.51. The Balaban J connectivity index is 2.33. The van der Waals surface area contributed by atoms with Gasteiger partial charge in [-0.25, -0.2) is 0 Å². The molecular formula is C13H18F3NS. The second kappa shape index (κ2) is 7.69. The van der Waals surface area contributed by atoms with Gasteiger partial charge in [0.15, 0.2) is 0 Å². The zero-order chi connectivity index (χ0) is 13.4. The summed E-state index contributed by atoms with van der Waals surface area (Å²) in [4.78, 5) is 2.57. The predicted molar refractivity (Wildman–Crippen MR) is 70.0 cm³/mol. The smallest absolute Gasteiger partial charge is 0.294 e. The molecule has 0 atom stereocenters. The number of thioether (sulfide) groups is 1. The maximum atomic E-state index is 12.3. The van der Waals surface area contributed by atoms with Crippen molar-refractivity contribution < 1.29 is 13.2 Å². The van der Waals surface area contributed by atoms with Crippen LogP contribution in [0.15, 0.2) is 35.2 Å². The molecule has 0 saturated carbocycles. The minimum atomic E-state index is -4.10. The quantitative estimate of drug-likeness (QED) is 0.692. The molecule has 0 heterocycles. The summed E-state index contributed by atoms with van der Waals surface area (Å²) in [5.74, 6) is 0.681. The largest absolute Gasteiger partial charge is 0.401 e. The number of alkyl halides is 3. The topological polar surface area (TPSA) is 3.24 Å². The first-order valence-corrected chi connectivity index (χ1v) is 6.97. The maximum Gasteiger partial charge on any atom is 0.401 e. The van der Waals surface area contributed by atoms with Crippen LogP contribution in [-0.4, -0.2) is 36.5 Å². The van der Waals surface area contributed by atoms with Gasteiger partial charge in [0, 0.05) is 17.2 Å². The molecule has 5 heteroatoms. The standard InChI is InChI=1S/C13H18F3NS/c1-2-8-17(11-13(14,15)16)9-10-18-12-6-4-3-5-7-12/h3-7H,2,8-11H2,1H3. The first kappa shape index (κ1) is 15.4. The average molecular weight is 277 g/mol. The van der Waals surface area contributed by atoms with Crippen molar-refractivity contribution in [1.82, 2.24) is 4.90 Å². The number of rotatable bonds is 7. The summed E-state index contributed by atoms with van der Waals surface area (Å²) < 4.78 is 37.0. The molecule has 102 valence electrons. The van der Waals surface area contributed by atoms with Crippen LogP contribution >= 0.6 is 11.8 Å². The Kier molecular flexibility index (Phi) is 6.57. The summed E-state index contributed by atoms with van der Waals surface area (Å²) in [6, 6.07) is 9.73. The lowest BCUT2D eigenvalue weighted by Gasteiger charge is -2.22. The van der Waals surface area contributed by atoms with Gasteiger partial charge in [-0.3, -0.25) is 4.90 Å². The molecule has 0 amide bonds. The van der Waals surface area contributed by atoms with Crippen LogP contribution < -0.4 is 0 Å². The van der Waals surface area contributed by atoms with E-state index in [2.05, 4.69) is 0 Å². The van der Waals surface area contributed by atoms with Crippen LogP contribution in [0.1, 0.15) is 13.3 Å². The molecule has 0 aliphatic carbocycles. The maximum absolute atomic E-state index is 12.3. The van der Waals surface area contributed by atoms with Gasteiger partial charge < -0.3 is 0 Å². The molecule has 0 radical (unpaired) electrons. The fourth-order valence-corrected chi connectivity index (χ4v) is 2.58. The Bertz CT molecular complexity index is 327. The van der Waals surface area contributed by atoms with Gasteiger partial charge in [0.1, 0.15) is 0 Å². The molecule has 0 aromatic heterocycles. The molecule has 1 aromatic carbocycles. The van der Waals surface area contributed by atoms with Crippen LogP contribution in [0, 0.1) is 0 Å². The summed E-state index contributed by atoms with van der Waals surface area (Å²) in [5, 5.41) is 0. The lowest BCUT2D eigenvalue weighted by Crippen LogP contribution is -2.36. The molecule has 1 aromatic rings. The van der Waals surface area contributed by atoms with Crippen molar-refractivity contribution in [2.45, 2.75) is 24.4 Å². The summed E-state index contributed by atoms with van der Waals surface area (Å²) in [6.07, 6.45) is -3.36. The van der Waals surface area contributed by atoms with Crippen LogP contribution in [0.3, 0.4) is 0 Å². The van der Waals surface area contributed by atoms with Crippen molar-refractivity contribution in [3.63, 3.8) is 0 Å². The summed E-state index contributed by atoms with van der Waals surface area (Å²) in [6.45, 7) is 2.05. The predicted octanol–water partition coefficient (Wildman–Crippen LogP) is 4.05. The fourth-order valence-electron chi connectivity index (χ4n) is 1.65. The van der Waals surface area contributed by atoms with Gasteiger partial charge in [0.2, 0.25) is 0 Å². The van der Waals surface area contributed by atoms with Crippen LogP contribution in [0.5, 0.6) is 0 Å². The highest BCUT2D eigenvalue weighted by Gasteiger charge is 2.30. The highest BCUT2D eigenvalue weighted by atomic mass is 32.2. The van der Waals surface area contributed by atoms with E-state index in [1.807, 2.05) is 37.3 Å². The van der Waals surface area contributed by atoms with Crippen molar-refractivity contribution in [2.75, 3.05) is 25.4 Å². The van der Waals surface area contributed by atoms with Crippen molar-refractivity contribution in [3.05, 3.63) is 30.3 Å². The Hall–Kier alpha value is -0.680. The molecule has 0 fully saturated rings. The zero-order valence-electron chi connectivity index (χ0n) is 10.4. The molecule has 0 saturated heterocycles. The molecule has 0 aliphatic rings. The number of halogens is 3. The third-order valence-electron chi connectivity index (χ3n) is 2.36. The van der Waals surface area contributed by atoms with Gasteiger partial charge in [0.25, 0.3) is 0 Å². The van der Waals surface area contributed by atoms with Crippen molar-refractivity contribution >= 4 is 11.8 Å². The van der Waals surface area contributed by atoms with Gasteiger partial charge in [0.05, 0.1) is 6.54 Å². The monoisotopic (exact) mass is 277 g/mol. The van der Waals surface area contributed by atoms with Gasteiger partial charge in [-0.05, 0) is 25.1 Å². The van der Waals surface area contributed by atoms with E-state index < -0.39 is 12.7 Å². The fraction of sp³-hybridized carbons (Fsp3) is 0.538. The lowest BCUT2D eigenvalue weighted by molar-refractivity contribution is -0.145. The molecule has 0 spiro atoms. The minimum absolute atomic E-state index is 0.465. The zero-order valence-corrected chi connectivity index (χ0v) is 11.2. The van der Waals surface area contributed by atoms with Crippen molar-refractivity contribution in [1.29, 1.82) is 0 Å². The molecule has 0 unspecified atom stereocenters. The van der Waals surface area contributed by atoms with E-state index in [0.29, 0.717) is 18.8 Å². The summed E-state index contributed by atoms with van der Waals surface area (Å²) in [7, 11) is 0. The molecule has 0 aliphatic heterocycles. The third-order valence-corrected chi connectivity index (χ3v) is 3.35. The molecule has 0 bridgehead atoms. The van der Waals surface area contributed by atoms with Crippen LogP contribution in [0.4, 0.5) is 13.2 Å². The normalized spacial score (nSPS) is 12.1. The number of nitrogens with zero attached hydrogens (tertiary/aromatic N) is 1. The van der Waals surface area contributed by atoms with Gasteiger partial charge in [-0.1, -0.05) is 25.1 Å². The second-order valence-electron chi connectivity index (χ2n) is 4.05. The first-order valence-electron chi connectivity index (χ1n) is 5.98. The van der Waals surface area contributed by atoms with Crippen molar-refractivity contribution in [2.24, 2.45) is 0 Å². The van der Waals surface area contributed by atoms with Gasteiger partial charge >= 0.3 is 6.18 Å². The van der Waals surface area contributed by atoms with Gasteiger partial charge in [-0.15, -0.1) is 11.8 Å². The average Bonchev–Trinajstić information content (AvgIpc) is 2.28. The molecular weight excluding hydrogens is 259 g/mol. The lowest BCUT2D eigenvalue weighted by atomic mass is 10.4. The Morgan fingerprint density at radius 2 is 1.78 bits per heavy atom. The molecule has 1 nitrogen and oxygen atoms in total. The Morgan fingerprint density at radius 1 is 1.11 bits per heavy atom. The van der Waals surface area contributed by atoms with Crippen LogP contribution in [-0.2, 0) is 0 Å². The van der Waals surface area contributed by atoms with E-state index in [1.54, 1.807) is 11.8 Å². The Morgan fingerprint density at radius 3 is 2.33 bits per heavy atom. The molecule has 18 heavy (non-hydrogen) atoms. The van der Waals surface area contributed by atoms with E-state index >= 15 is 0 Å². The number of hydrogen-bond acceptors (Lipinski definition) is 2. The minimum Gasteiger partial charge on any atom is -0.294 e. The third kappa shape index (κ3) is 6.91. The van der Waals surface area contributed by atoms with E-state index in [9.17, 15) is 13.2 Å². The van der Waals surface area contributed by atoms with Crippen LogP contribution in [0.25, 0.3) is 0 Å². The van der Waals surface area contributed by atoms with E-state index in [-0.39, 0.29) is 0 Å². The number of benzene rings is 1. The van der Waals surface area contributed by atoms with Crippen LogP contribution in [0.2, 0.25) is 0 Å². The Labute approximate surface area is 110 Å².